The number of rotatable bonds is 3. The molecule has 0 bridgehead atoms. The summed E-state index contributed by atoms with van der Waals surface area (Å²) >= 11 is 9.03. The molecule has 17 heavy (non-hydrogen) atoms. The van der Waals surface area contributed by atoms with Crippen molar-refractivity contribution in [2.75, 3.05) is 5.32 Å². The van der Waals surface area contributed by atoms with E-state index in [1.54, 1.807) is 18.5 Å². The van der Waals surface area contributed by atoms with Crippen LogP contribution in [0.3, 0.4) is 0 Å². The van der Waals surface area contributed by atoms with Crippen LogP contribution in [0.15, 0.2) is 35.1 Å². The summed E-state index contributed by atoms with van der Waals surface area (Å²) in [7, 11) is 0. The Morgan fingerprint density at radius 1 is 1.29 bits per heavy atom. The molecule has 1 aromatic heterocycles. The first kappa shape index (κ1) is 12.3. The standard InChI is InChI=1S/C11H8BrClFN3/c12-7-4-8(13)10(5-9(7)14)17-6-11-15-2-1-3-16-11/h1-5,17H,6H2. The van der Waals surface area contributed by atoms with Gasteiger partial charge in [0.25, 0.3) is 0 Å². The summed E-state index contributed by atoms with van der Waals surface area (Å²) in [6, 6.07) is 4.57. The van der Waals surface area contributed by atoms with Crippen LogP contribution in [0.25, 0.3) is 0 Å². The molecule has 1 aromatic carbocycles. The third-order valence-electron chi connectivity index (χ3n) is 2.07. The van der Waals surface area contributed by atoms with Gasteiger partial charge in [-0.05, 0) is 34.1 Å². The highest BCUT2D eigenvalue weighted by Crippen LogP contribution is 2.28. The molecule has 0 aliphatic rings. The van der Waals surface area contributed by atoms with Crippen LogP contribution in [0.2, 0.25) is 5.02 Å². The topological polar surface area (TPSA) is 37.8 Å². The van der Waals surface area contributed by atoms with Gasteiger partial charge in [0.05, 0.1) is 21.7 Å². The SMILES string of the molecule is Fc1cc(NCc2ncccn2)c(Cl)cc1Br. The number of aromatic nitrogens is 2. The maximum absolute atomic E-state index is 13.3. The Morgan fingerprint density at radius 3 is 2.71 bits per heavy atom. The van der Waals surface area contributed by atoms with Crippen molar-refractivity contribution in [2.45, 2.75) is 6.54 Å². The lowest BCUT2D eigenvalue weighted by Crippen LogP contribution is -2.04. The molecule has 0 saturated carbocycles. The van der Waals surface area contributed by atoms with E-state index in [1.165, 1.54) is 12.1 Å². The molecule has 0 amide bonds. The molecule has 0 aliphatic carbocycles. The molecular formula is C11H8BrClFN3. The van der Waals surface area contributed by atoms with Crippen LogP contribution in [0.5, 0.6) is 0 Å². The van der Waals surface area contributed by atoms with Crippen molar-refractivity contribution in [3.8, 4) is 0 Å². The van der Waals surface area contributed by atoms with E-state index >= 15 is 0 Å². The molecule has 1 N–H and O–H groups in total. The summed E-state index contributed by atoms with van der Waals surface area (Å²) in [5, 5.41) is 3.42. The third kappa shape index (κ3) is 3.14. The summed E-state index contributed by atoms with van der Waals surface area (Å²) in [5.41, 5.74) is 0.514. The predicted octanol–water partition coefficient (Wildman–Crippen LogP) is 3.64. The molecule has 88 valence electrons. The molecule has 2 rings (SSSR count). The zero-order valence-corrected chi connectivity index (χ0v) is 11.0. The fourth-order valence-corrected chi connectivity index (χ4v) is 1.96. The van der Waals surface area contributed by atoms with Gasteiger partial charge < -0.3 is 5.32 Å². The number of nitrogens with zero attached hydrogens (tertiary/aromatic N) is 2. The maximum Gasteiger partial charge on any atom is 0.147 e. The number of hydrogen-bond acceptors (Lipinski definition) is 3. The Hall–Kier alpha value is -1.20. The second kappa shape index (κ2) is 5.42. The van der Waals surface area contributed by atoms with E-state index in [2.05, 4.69) is 31.2 Å². The quantitative estimate of drug-likeness (QED) is 0.879. The van der Waals surface area contributed by atoms with Gasteiger partial charge in [-0.15, -0.1) is 0 Å². The van der Waals surface area contributed by atoms with E-state index in [0.717, 1.165) is 0 Å². The van der Waals surface area contributed by atoms with Gasteiger partial charge in [0.1, 0.15) is 11.6 Å². The Balaban J connectivity index is 2.12. The average Bonchev–Trinajstić information content (AvgIpc) is 2.33. The fraction of sp³-hybridized carbons (Fsp3) is 0.0909. The first-order valence-corrected chi connectivity index (χ1v) is 5.98. The Bertz CT molecular complexity index is 522. The van der Waals surface area contributed by atoms with E-state index in [4.69, 9.17) is 11.6 Å². The van der Waals surface area contributed by atoms with Gasteiger partial charge in [-0.3, -0.25) is 0 Å². The van der Waals surface area contributed by atoms with Crippen molar-refractivity contribution in [3.05, 3.63) is 51.7 Å². The first-order chi connectivity index (χ1) is 8.16. The van der Waals surface area contributed by atoms with Crippen molar-refractivity contribution >= 4 is 33.2 Å². The highest BCUT2D eigenvalue weighted by Gasteiger charge is 2.06. The summed E-state index contributed by atoms with van der Waals surface area (Å²) in [6.07, 6.45) is 3.29. The number of benzene rings is 1. The largest absolute Gasteiger partial charge is 0.376 e. The van der Waals surface area contributed by atoms with Crippen molar-refractivity contribution in [3.63, 3.8) is 0 Å². The Labute approximate surface area is 111 Å². The van der Waals surface area contributed by atoms with Gasteiger partial charge in [0.2, 0.25) is 0 Å². The Morgan fingerprint density at radius 2 is 2.00 bits per heavy atom. The molecule has 1 heterocycles. The predicted molar refractivity (Wildman–Crippen MR) is 68.5 cm³/mol. The minimum Gasteiger partial charge on any atom is -0.376 e. The van der Waals surface area contributed by atoms with Crippen LogP contribution in [0.1, 0.15) is 5.82 Å². The van der Waals surface area contributed by atoms with Crippen LogP contribution in [-0.2, 0) is 6.54 Å². The molecule has 0 spiro atoms. The van der Waals surface area contributed by atoms with Crippen molar-refractivity contribution in [1.29, 1.82) is 0 Å². The molecular weight excluding hydrogens is 308 g/mol. The molecule has 0 aliphatic heterocycles. The van der Waals surface area contributed by atoms with Crippen LogP contribution in [-0.4, -0.2) is 9.97 Å². The lowest BCUT2D eigenvalue weighted by Gasteiger charge is -2.08. The highest BCUT2D eigenvalue weighted by molar-refractivity contribution is 9.10. The maximum atomic E-state index is 13.3. The first-order valence-electron chi connectivity index (χ1n) is 4.81. The summed E-state index contributed by atoms with van der Waals surface area (Å²) in [4.78, 5) is 8.09. The number of anilines is 1. The van der Waals surface area contributed by atoms with E-state index < -0.39 is 0 Å². The molecule has 0 saturated heterocycles. The van der Waals surface area contributed by atoms with Gasteiger partial charge in [0, 0.05) is 12.4 Å². The minimum atomic E-state index is -0.370. The van der Waals surface area contributed by atoms with Crippen LogP contribution in [0, 0.1) is 5.82 Å². The summed E-state index contributed by atoms with van der Waals surface area (Å²) in [6.45, 7) is 0.391. The lowest BCUT2D eigenvalue weighted by atomic mass is 10.3. The van der Waals surface area contributed by atoms with Crippen LogP contribution >= 0.6 is 27.5 Å². The molecule has 6 heteroatoms. The molecule has 0 unspecified atom stereocenters. The molecule has 0 radical (unpaired) electrons. The average molecular weight is 317 g/mol. The molecule has 0 fully saturated rings. The number of nitrogens with one attached hydrogen (secondary N) is 1. The molecule has 2 aromatic rings. The van der Waals surface area contributed by atoms with E-state index in [0.29, 0.717) is 27.6 Å². The van der Waals surface area contributed by atoms with E-state index in [1.807, 2.05) is 0 Å². The molecule has 3 nitrogen and oxygen atoms in total. The smallest absolute Gasteiger partial charge is 0.147 e. The second-order valence-electron chi connectivity index (χ2n) is 3.26. The van der Waals surface area contributed by atoms with Crippen molar-refractivity contribution < 1.29 is 4.39 Å². The molecule has 0 atom stereocenters. The van der Waals surface area contributed by atoms with Gasteiger partial charge >= 0.3 is 0 Å². The van der Waals surface area contributed by atoms with Crippen molar-refractivity contribution in [2.24, 2.45) is 0 Å². The zero-order chi connectivity index (χ0) is 12.3. The highest BCUT2D eigenvalue weighted by atomic mass is 79.9. The fourth-order valence-electron chi connectivity index (χ4n) is 1.25. The number of hydrogen-bond donors (Lipinski definition) is 1. The van der Waals surface area contributed by atoms with E-state index in [-0.39, 0.29) is 5.82 Å². The monoisotopic (exact) mass is 315 g/mol. The van der Waals surface area contributed by atoms with Crippen LogP contribution < -0.4 is 5.32 Å². The Kier molecular flexibility index (Phi) is 3.91. The lowest BCUT2D eigenvalue weighted by molar-refractivity contribution is 0.621. The van der Waals surface area contributed by atoms with Gasteiger partial charge in [0.15, 0.2) is 0 Å². The van der Waals surface area contributed by atoms with Gasteiger partial charge in [-0.2, -0.15) is 0 Å². The normalized spacial score (nSPS) is 10.3. The number of halogens is 3. The zero-order valence-electron chi connectivity index (χ0n) is 8.62. The summed E-state index contributed by atoms with van der Waals surface area (Å²) in [5.74, 6) is 0.248. The third-order valence-corrected chi connectivity index (χ3v) is 2.99. The van der Waals surface area contributed by atoms with Gasteiger partial charge in [-0.1, -0.05) is 11.6 Å². The van der Waals surface area contributed by atoms with E-state index in [9.17, 15) is 4.39 Å². The summed E-state index contributed by atoms with van der Waals surface area (Å²) < 4.78 is 13.6. The minimum absolute atomic E-state index is 0.337. The van der Waals surface area contributed by atoms with Crippen molar-refractivity contribution in [1.82, 2.24) is 9.97 Å². The van der Waals surface area contributed by atoms with Crippen LogP contribution in [0.4, 0.5) is 10.1 Å². The van der Waals surface area contributed by atoms with Gasteiger partial charge in [-0.25, -0.2) is 14.4 Å². The second-order valence-corrected chi connectivity index (χ2v) is 4.53.